The van der Waals surface area contributed by atoms with Crippen LogP contribution in [0.15, 0.2) is 58.8 Å². The van der Waals surface area contributed by atoms with Gasteiger partial charge in [0, 0.05) is 10.4 Å². The van der Waals surface area contributed by atoms with Crippen molar-refractivity contribution in [3.63, 3.8) is 0 Å². The summed E-state index contributed by atoms with van der Waals surface area (Å²) in [5.41, 5.74) is 1.09. The molecule has 24 heavy (non-hydrogen) atoms. The van der Waals surface area contributed by atoms with Crippen molar-refractivity contribution < 1.29 is 17.9 Å². The van der Waals surface area contributed by atoms with Gasteiger partial charge in [-0.15, -0.1) is 11.3 Å². The molecule has 1 heterocycles. The molecule has 0 aliphatic rings. The van der Waals surface area contributed by atoms with Gasteiger partial charge in [-0.05, 0) is 35.2 Å². The number of sulfonamides is 1. The van der Waals surface area contributed by atoms with Gasteiger partial charge in [0.15, 0.2) is 0 Å². The first-order valence-corrected chi connectivity index (χ1v) is 9.45. The van der Waals surface area contributed by atoms with Crippen LogP contribution < -0.4 is 4.72 Å². The van der Waals surface area contributed by atoms with Gasteiger partial charge in [0.2, 0.25) is 0 Å². The Morgan fingerprint density at radius 3 is 2.67 bits per heavy atom. The second-order valence-electron chi connectivity index (χ2n) is 5.16. The summed E-state index contributed by atoms with van der Waals surface area (Å²) in [5.74, 6) is -0.375. The maximum absolute atomic E-state index is 12.6. The van der Waals surface area contributed by atoms with Crippen molar-refractivity contribution in [2.75, 3.05) is 11.8 Å². The van der Waals surface area contributed by atoms with Gasteiger partial charge >= 0.3 is 5.97 Å². The molecule has 0 saturated heterocycles. The topological polar surface area (TPSA) is 72.5 Å². The molecule has 0 unspecified atom stereocenters. The van der Waals surface area contributed by atoms with E-state index in [9.17, 15) is 13.2 Å². The predicted molar refractivity (Wildman–Crippen MR) is 94.8 cm³/mol. The van der Waals surface area contributed by atoms with Crippen molar-refractivity contribution in [3.8, 4) is 0 Å². The first kappa shape index (κ1) is 16.5. The van der Waals surface area contributed by atoms with Crippen LogP contribution >= 0.6 is 11.3 Å². The monoisotopic (exact) mass is 361 g/mol. The van der Waals surface area contributed by atoms with Gasteiger partial charge in [0.05, 0.1) is 13.5 Å². The van der Waals surface area contributed by atoms with Crippen LogP contribution in [-0.4, -0.2) is 21.5 Å². The van der Waals surface area contributed by atoms with Crippen molar-refractivity contribution in [1.29, 1.82) is 0 Å². The van der Waals surface area contributed by atoms with Crippen LogP contribution in [-0.2, 0) is 26.0 Å². The number of ether oxygens (including phenoxy) is 1. The van der Waals surface area contributed by atoms with Gasteiger partial charge < -0.3 is 4.74 Å². The molecule has 1 aromatic heterocycles. The molecule has 1 N–H and O–H groups in total. The lowest BCUT2D eigenvalue weighted by molar-refractivity contribution is -0.139. The van der Waals surface area contributed by atoms with E-state index in [4.69, 9.17) is 0 Å². The van der Waals surface area contributed by atoms with Crippen molar-refractivity contribution in [1.82, 2.24) is 0 Å². The molecule has 0 saturated carbocycles. The number of hydrogen-bond donors (Lipinski definition) is 1. The van der Waals surface area contributed by atoms with Crippen LogP contribution in [0.1, 0.15) is 5.56 Å². The van der Waals surface area contributed by atoms with Crippen molar-refractivity contribution in [2.24, 2.45) is 0 Å². The molecule has 5 nitrogen and oxygen atoms in total. The number of thiophene rings is 1. The maximum Gasteiger partial charge on any atom is 0.309 e. The van der Waals surface area contributed by atoms with Gasteiger partial charge in [-0.3, -0.25) is 9.52 Å². The molecule has 0 amide bonds. The van der Waals surface area contributed by atoms with Gasteiger partial charge in [-0.1, -0.05) is 30.3 Å². The summed E-state index contributed by atoms with van der Waals surface area (Å²) >= 11 is 1.22. The van der Waals surface area contributed by atoms with E-state index in [-0.39, 0.29) is 16.6 Å². The summed E-state index contributed by atoms with van der Waals surface area (Å²) in [5, 5.41) is 0.891. The lowest BCUT2D eigenvalue weighted by atomic mass is 10.1. The van der Waals surface area contributed by atoms with Gasteiger partial charge in [0.1, 0.15) is 4.21 Å². The zero-order chi connectivity index (χ0) is 17.2. The van der Waals surface area contributed by atoms with Gasteiger partial charge in [-0.2, -0.15) is 0 Å². The number of carbonyl (C=O) groups is 1. The Kier molecular flexibility index (Phi) is 4.55. The highest BCUT2D eigenvalue weighted by molar-refractivity contribution is 7.94. The molecule has 124 valence electrons. The van der Waals surface area contributed by atoms with Gasteiger partial charge in [0.25, 0.3) is 10.0 Å². The fourth-order valence-electron chi connectivity index (χ4n) is 2.28. The average Bonchev–Trinajstić information content (AvgIpc) is 2.99. The Bertz CT molecular complexity index is 960. The smallest absolute Gasteiger partial charge is 0.309 e. The van der Waals surface area contributed by atoms with Crippen LogP contribution in [0.2, 0.25) is 0 Å². The third kappa shape index (κ3) is 3.58. The Morgan fingerprint density at radius 2 is 1.92 bits per heavy atom. The van der Waals surface area contributed by atoms with E-state index in [2.05, 4.69) is 9.46 Å². The molecule has 0 spiro atoms. The summed E-state index contributed by atoms with van der Waals surface area (Å²) < 4.78 is 33.5. The number of esters is 1. The second-order valence-corrected chi connectivity index (χ2v) is 8.16. The molecule has 3 rings (SSSR count). The molecule has 7 heteroatoms. The van der Waals surface area contributed by atoms with Crippen LogP contribution in [0.25, 0.3) is 10.1 Å². The molecular formula is C17H15NO4S2. The lowest BCUT2D eigenvalue weighted by Crippen LogP contribution is -2.12. The molecular weight excluding hydrogens is 346 g/mol. The fraction of sp³-hybridized carbons (Fsp3) is 0.118. The lowest BCUT2D eigenvalue weighted by Gasteiger charge is -2.08. The third-order valence-corrected chi connectivity index (χ3v) is 6.39. The molecule has 0 radical (unpaired) electrons. The first-order chi connectivity index (χ1) is 11.5. The number of anilines is 1. The number of nitrogens with one attached hydrogen (secondary N) is 1. The molecule has 2 aromatic carbocycles. The van der Waals surface area contributed by atoms with E-state index >= 15 is 0 Å². The number of benzene rings is 2. The molecule has 0 fully saturated rings. The summed E-state index contributed by atoms with van der Waals surface area (Å²) in [6, 6.07) is 15.9. The standard InChI is InChI=1S/C17H15NO4S2/c1-22-16(19)10-12-5-4-7-14(9-12)18-24(20,21)17-11-13-6-2-3-8-15(13)23-17/h2-9,11,18H,10H2,1H3. The summed E-state index contributed by atoms with van der Waals surface area (Å²) in [4.78, 5) is 11.3. The number of rotatable bonds is 5. The Hall–Kier alpha value is -2.38. The zero-order valence-corrected chi connectivity index (χ0v) is 14.5. The third-order valence-electron chi connectivity index (χ3n) is 3.42. The molecule has 0 atom stereocenters. The highest BCUT2D eigenvalue weighted by Gasteiger charge is 2.18. The SMILES string of the molecule is COC(=O)Cc1cccc(NS(=O)(=O)c2cc3ccccc3s2)c1. The summed E-state index contributed by atoms with van der Waals surface area (Å²) in [7, 11) is -2.36. The van der Waals surface area contributed by atoms with Gasteiger partial charge in [-0.25, -0.2) is 8.42 Å². The van der Waals surface area contributed by atoms with Crippen molar-refractivity contribution >= 4 is 43.1 Å². The highest BCUT2D eigenvalue weighted by Crippen LogP contribution is 2.30. The van der Waals surface area contributed by atoms with Crippen LogP contribution in [0.4, 0.5) is 5.69 Å². The van der Waals surface area contributed by atoms with E-state index in [1.807, 2.05) is 24.3 Å². The van der Waals surface area contributed by atoms with E-state index in [1.165, 1.54) is 18.4 Å². The van der Waals surface area contributed by atoms with Crippen molar-refractivity contribution in [2.45, 2.75) is 10.6 Å². The molecule has 0 aliphatic carbocycles. The Morgan fingerprint density at radius 1 is 1.12 bits per heavy atom. The highest BCUT2D eigenvalue weighted by atomic mass is 32.2. The number of carbonyl (C=O) groups excluding carboxylic acids is 1. The maximum atomic E-state index is 12.6. The molecule has 0 bridgehead atoms. The number of methoxy groups -OCH3 is 1. The second kappa shape index (κ2) is 6.62. The molecule has 0 aliphatic heterocycles. The van der Waals surface area contributed by atoms with Crippen LogP contribution in [0.3, 0.4) is 0 Å². The summed E-state index contributed by atoms with van der Waals surface area (Å²) in [6.07, 6.45) is 0.0922. The molecule has 3 aromatic rings. The van der Waals surface area contributed by atoms with Crippen LogP contribution in [0, 0.1) is 0 Å². The largest absolute Gasteiger partial charge is 0.469 e. The quantitative estimate of drug-likeness (QED) is 0.707. The minimum absolute atomic E-state index is 0.0922. The fourth-order valence-corrected chi connectivity index (χ4v) is 4.73. The minimum Gasteiger partial charge on any atom is -0.469 e. The van der Waals surface area contributed by atoms with Crippen molar-refractivity contribution in [3.05, 3.63) is 60.2 Å². The summed E-state index contributed by atoms with van der Waals surface area (Å²) in [6.45, 7) is 0. The van der Waals surface area contributed by atoms with E-state index in [0.29, 0.717) is 11.3 Å². The number of hydrogen-bond acceptors (Lipinski definition) is 5. The average molecular weight is 361 g/mol. The predicted octanol–water partition coefficient (Wildman–Crippen LogP) is 3.42. The van der Waals surface area contributed by atoms with E-state index in [1.54, 1.807) is 30.3 Å². The first-order valence-electron chi connectivity index (χ1n) is 7.15. The van der Waals surface area contributed by atoms with Crippen LogP contribution in [0.5, 0.6) is 0 Å². The number of fused-ring (bicyclic) bond motifs is 1. The Labute approximate surface area is 143 Å². The van der Waals surface area contributed by atoms with E-state index < -0.39 is 10.0 Å². The zero-order valence-electron chi connectivity index (χ0n) is 12.9. The normalized spacial score (nSPS) is 11.4. The van der Waals surface area contributed by atoms with E-state index in [0.717, 1.165) is 10.1 Å². The Balaban J connectivity index is 1.86. The minimum atomic E-state index is -3.67.